The van der Waals surface area contributed by atoms with Crippen LogP contribution in [0, 0.1) is 12.8 Å². The number of piperidine rings is 1. The van der Waals surface area contributed by atoms with Gasteiger partial charge in [0.1, 0.15) is 0 Å². The monoisotopic (exact) mass is 378 g/mol. The lowest BCUT2D eigenvalue weighted by Crippen LogP contribution is -2.42. The number of sulfonamides is 1. The van der Waals surface area contributed by atoms with Crippen molar-refractivity contribution in [2.45, 2.75) is 24.7 Å². The van der Waals surface area contributed by atoms with Crippen molar-refractivity contribution < 1.29 is 17.9 Å². The molecule has 0 spiro atoms. The molecule has 1 heterocycles. The molecule has 0 aromatic heterocycles. The molecule has 1 aromatic carbocycles. The molecule has 1 aromatic rings. The number of nitrogens with one attached hydrogen (secondary N) is 1. The van der Waals surface area contributed by atoms with E-state index in [0.29, 0.717) is 41.0 Å². The smallest absolute Gasteiger partial charge is 0.243 e. The van der Waals surface area contributed by atoms with Gasteiger partial charge in [-0.15, -0.1) is 12.4 Å². The van der Waals surface area contributed by atoms with Crippen molar-refractivity contribution in [1.82, 2.24) is 9.62 Å². The minimum Gasteiger partial charge on any atom is -0.493 e. The maximum Gasteiger partial charge on any atom is 0.243 e. The first-order valence-electron chi connectivity index (χ1n) is 7.81. The Balaban J connectivity index is 0.00000288. The van der Waals surface area contributed by atoms with Gasteiger partial charge in [0.05, 0.1) is 19.1 Å². The molecular weight excluding hydrogens is 352 g/mol. The fraction of sp³-hybridized carbons (Fsp3) is 0.625. The minimum absolute atomic E-state index is 0. The summed E-state index contributed by atoms with van der Waals surface area (Å²) in [5.74, 6) is 1.32. The number of benzene rings is 1. The van der Waals surface area contributed by atoms with Crippen LogP contribution in [-0.4, -0.2) is 53.6 Å². The molecule has 24 heavy (non-hydrogen) atoms. The molecule has 1 N–H and O–H groups in total. The van der Waals surface area contributed by atoms with Crippen molar-refractivity contribution in [2.75, 3.05) is 40.9 Å². The topological polar surface area (TPSA) is 67.9 Å². The van der Waals surface area contributed by atoms with Gasteiger partial charge in [-0.3, -0.25) is 0 Å². The fourth-order valence-electron chi connectivity index (χ4n) is 3.08. The van der Waals surface area contributed by atoms with Gasteiger partial charge in [-0.05, 0) is 50.9 Å². The molecule has 0 saturated carbocycles. The molecule has 1 aliphatic heterocycles. The van der Waals surface area contributed by atoms with E-state index in [2.05, 4.69) is 5.32 Å². The lowest BCUT2D eigenvalue weighted by atomic mass is 10.00. The van der Waals surface area contributed by atoms with Gasteiger partial charge in [0, 0.05) is 19.2 Å². The highest BCUT2D eigenvalue weighted by molar-refractivity contribution is 7.89. The second-order valence-electron chi connectivity index (χ2n) is 5.90. The van der Waals surface area contributed by atoms with Crippen molar-refractivity contribution in [3.8, 4) is 11.5 Å². The summed E-state index contributed by atoms with van der Waals surface area (Å²) in [7, 11) is 1.41. The fourth-order valence-corrected chi connectivity index (χ4v) is 4.86. The zero-order valence-corrected chi connectivity index (χ0v) is 16.3. The molecule has 8 heteroatoms. The summed E-state index contributed by atoms with van der Waals surface area (Å²) in [6.45, 7) is 3.73. The summed E-state index contributed by atoms with van der Waals surface area (Å²) >= 11 is 0. The Morgan fingerprint density at radius 2 is 1.88 bits per heavy atom. The average Bonchev–Trinajstić information content (AvgIpc) is 2.54. The van der Waals surface area contributed by atoms with E-state index >= 15 is 0 Å². The maximum atomic E-state index is 13.0. The first-order valence-corrected chi connectivity index (χ1v) is 9.25. The third-order valence-corrected chi connectivity index (χ3v) is 6.28. The standard InChI is InChI=1S/C16H26N2O4S.ClH/c1-12-8-14(21-3)15(22-4)9-16(12)23(19,20)18-7-5-6-13(11-18)10-17-2;/h8-9,13,17H,5-7,10-11H2,1-4H3;1H. The Morgan fingerprint density at radius 1 is 1.25 bits per heavy atom. The van der Waals surface area contributed by atoms with E-state index in [1.807, 2.05) is 7.05 Å². The third-order valence-electron chi connectivity index (χ3n) is 4.27. The molecule has 0 amide bonds. The Hall–Kier alpha value is -1.02. The van der Waals surface area contributed by atoms with E-state index < -0.39 is 10.0 Å². The van der Waals surface area contributed by atoms with E-state index in [4.69, 9.17) is 9.47 Å². The molecule has 1 unspecified atom stereocenters. The molecule has 2 rings (SSSR count). The van der Waals surface area contributed by atoms with Crippen molar-refractivity contribution in [3.05, 3.63) is 17.7 Å². The first-order chi connectivity index (χ1) is 10.9. The van der Waals surface area contributed by atoms with Crippen LogP contribution in [0.25, 0.3) is 0 Å². The second-order valence-corrected chi connectivity index (χ2v) is 7.81. The summed E-state index contributed by atoms with van der Waals surface area (Å²) in [5.41, 5.74) is 0.665. The molecule has 1 fully saturated rings. The number of hydrogen-bond donors (Lipinski definition) is 1. The van der Waals surface area contributed by atoms with Gasteiger partial charge in [0.15, 0.2) is 11.5 Å². The summed E-state index contributed by atoms with van der Waals surface area (Å²) in [4.78, 5) is 0.292. The maximum absolute atomic E-state index is 13.0. The van der Waals surface area contributed by atoms with Crippen LogP contribution in [0.4, 0.5) is 0 Å². The van der Waals surface area contributed by atoms with Crippen LogP contribution >= 0.6 is 12.4 Å². The van der Waals surface area contributed by atoms with E-state index in [-0.39, 0.29) is 12.4 Å². The van der Waals surface area contributed by atoms with Crippen LogP contribution in [0.5, 0.6) is 11.5 Å². The highest BCUT2D eigenvalue weighted by Gasteiger charge is 2.31. The van der Waals surface area contributed by atoms with Crippen LogP contribution in [-0.2, 0) is 10.0 Å². The van der Waals surface area contributed by atoms with Crippen molar-refractivity contribution in [1.29, 1.82) is 0 Å². The van der Waals surface area contributed by atoms with E-state index in [1.165, 1.54) is 7.11 Å². The van der Waals surface area contributed by atoms with Crippen LogP contribution in [0.2, 0.25) is 0 Å². The molecule has 1 atom stereocenters. The molecule has 1 saturated heterocycles. The normalized spacial score (nSPS) is 18.8. The Labute approximate surface area is 151 Å². The molecule has 0 aliphatic carbocycles. The van der Waals surface area contributed by atoms with Crippen LogP contribution in [0.1, 0.15) is 18.4 Å². The lowest BCUT2D eigenvalue weighted by Gasteiger charge is -2.32. The number of halogens is 1. The van der Waals surface area contributed by atoms with Crippen molar-refractivity contribution >= 4 is 22.4 Å². The Morgan fingerprint density at radius 3 is 2.46 bits per heavy atom. The van der Waals surface area contributed by atoms with E-state index in [9.17, 15) is 8.42 Å². The van der Waals surface area contributed by atoms with Gasteiger partial charge in [-0.2, -0.15) is 4.31 Å². The van der Waals surface area contributed by atoms with E-state index in [1.54, 1.807) is 30.5 Å². The number of methoxy groups -OCH3 is 2. The minimum atomic E-state index is -3.53. The quantitative estimate of drug-likeness (QED) is 0.820. The summed E-state index contributed by atoms with van der Waals surface area (Å²) in [6.07, 6.45) is 1.94. The number of nitrogens with zero attached hydrogens (tertiary/aromatic N) is 1. The zero-order chi connectivity index (χ0) is 17.0. The first kappa shape index (κ1) is 21.0. The predicted octanol–water partition coefficient (Wildman–Crippen LogP) is 2.05. The number of rotatable bonds is 6. The lowest BCUT2D eigenvalue weighted by molar-refractivity contribution is 0.263. The van der Waals surface area contributed by atoms with Crippen molar-refractivity contribution in [3.63, 3.8) is 0 Å². The Bertz CT molecular complexity index is 650. The van der Waals surface area contributed by atoms with Crippen LogP contribution in [0.3, 0.4) is 0 Å². The summed E-state index contributed by atoms with van der Waals surface area (Å²) in [5, 5.41) is 3.14. The number of aryl methyl sites for hydroxylation is 1. The van der Waals surface area contributed by atoms with Gasteiger partial charge in [-0.25, -0.2) is 8.42 Å². The molecule has 0 radical (unpaired) electrons. The zero-order valence-electron chi connectivity index (χ0n) is 14.7. The van der Waals surface area contributed by atoms with Gasteiger partial charge in [0.2, 0.25) is 10.0 Å². The number of hydrogen-bond acceptors (Lipinski definition) is 5. The van der Waals surface area contributed by atoms with Crippen molar-refractivity contribution in [2.24, 2.45) is 5.92 Å². The average molecular weight is 379 g/mol. The predicted molar refractivity (Wildman–Crippen MR) is 96.9 cm³/mol. The van der Waals surface area contributed by atoms with Gasteiger partial charge in [0.25, 0.3) is 0 Å². The number of ether oxygens (including phenoxy) is 2. The molecular formula is C16H27ClN2O4S. The van der Waals surface area contributed by atoms with Gasteiger partial charge >= 0.3 is 0 Å². The molecule has 1 aliphatic rings. The molecule has 0 bridgehead atoms. The third kappa shape index (κ3) is 4.33. The highest BCUT2D eigenvalue weighted by atomic mass is 35.5. The van der Waals surface area contributed by atoms with Gasteiger partial charge < -0.3 is 14.8 Å². The molecule has 138 valence electrons. The molecule has 6 nitrogen and oxygen atoms in total. The second kappa shape index (κ2) is 8.89. The largest absolute Gasteiger partial charge is 0.493 e. The van der Waals surface area contributed by atoms with E-state index in [0.717, 1.165) is 19.4 Å². The Kier molecular flexibility index (Phi) is 7.79. The van der Waals surface area contributed by atoms with Crippen LogP contribution < -0.4 is 14.8 Å². The summed E-state index contributed by atoms with van der Waals surface area (Å²) < 4.78 is 38.2. The SMILES string of the molecule is CNCC1CCCN(S(=O)(=O)c2cc(OC)c(OC)cc2C)C1.Cl. The van der Waals surface area contributed by atoms with Crippen LogP contribution in [0.15, 0.2) is 17.0 Å². The summed E-state index contributed by atoms with van der Waals surface area (Å²) in [6, 6.07) is 3.27. The van der Waals surface area contributed by atoms with Gasteiger partial charge in [-0.1, -0.05) is 0 Å². The highest BCUT2D eigenvalue weighted by Crippen LogP contribution is 2.34.